The Bertz CT molecular complexity index is 314. The second kappa shape index (κ2) is 3.60. The molecule has 1 heterocycles. The molecule has 3 heteroatoms. The van der Waals surface area contributed by atoms with Crippen molar-refractivity contribution >= 4 is 17.1 Å². The first-order valence-electron chi connectivity index (χ1n) is 4.27. The SMILES string of the molecule is CNC(C)(C)C(=O)c1ccc(C)s1. The summed E-state index contributed by atoms with van der Waals surface area (Å²) >= 11 is 1.55. The molecule has 0 spiro atoms. The summed E-state index contributed by atoms with van der Waals surface area (Å²) in [5.74, 6) is 0.160. The molecule has 0 radical (unpaired) electrons. The lowest BCUT2D eigenvalue weighted by Gasteiger charge is -2.21. The topological polar surface area (TPSA) is 29.1 Å². The summed E-state index contributed by atoms with van der Waals surface area (Å²) in [7, 11) is 1.80. The highest BCUT2D eigenvalue weighted by Crippen LogP contribution is 2.20. The normalized spacial score (nSPS) is 11.7. The molecule has 0 bridgehead atoms. The summed E-state index contributed by atoms with van der Waals surface area (Å²) in [5.41, 5.74) is -0.461. The van der Waals surface area contributed by atoms with Crippen molar-refractivity contribution in [3.63, 3.8) is 0 Å². The smallest absolute Gasteiger partial charge is 0.192 e. The molecule has 0 fully saturated rings. The van der Waals surface area contributed by atoms with Gasteiger partial charge in [-0.15, -0.1) is 11.3 Å². The lowest BCUT2D eigenvalue weighted by atomic mass is 9.98. The van der Waals surface area contributed by atoms with E-state index in [4.69, 9.17) is 0 Å². The third kappa shape index (κ3) is 2.17. The number of ketones is 1. The van der Waals surface area contributed by atoms with Crippen LogP contribution in [0, 0.1) is 6.92 Å². The van der Waals surface area contributed by atoms with Crippen LogP contribution in [-0.2, 0) is 0 Å². The third-order valence-corrected chi connectivity index (χ3v) is 3.16. The van der Waals surface area contributed by atoms with Crippen molar-refractivity contribution in [2.45, 2.75) is 26.3 Å². The fourth-order valence-electron chi connectivity index (χ4n) is 0.978. The summed E-state index contributed by atoms with van der Waals surface area (Å²) in [6.45, 7) is 5.79. The first-order chi connectivity index (χ1) is 5.97. The van der Waals surface area contributed by atoms with E-state index in [1.54, 1.807) is 18.4 Å². The van der Waals surface area contributed by atoms with Crippen LogP contribution in [0.1, 0.15) is 28.4 Å². The van der Waals surface area contributed by atoms with E-state index in [0.717, 1.165) is 4.88 Å². The van der Waals surface area contributed by atoms with Gasteiger partial charge in [-0.2, -0.15) is 0 Å². The molecule has 1 aromatic rings. The molecule has 1 aromatic heterocycles. The minimum atomic E-state index is -0.461. The van der Waals surface area contributed by atoms with Crippen molar-refractivity contribution in [3.05, 3.63) is 21.9 Å². The van der Waals surface area contributed by atoms with Crippen molar-refractivity contribution in [1.29, 1.82) is 0 Å². The van der Waals surface area contributed by atoms with Crippen LogP contribution < -0.4 is 5.32 Å². The monoisotopic (exact) mass is 197 g/mol. The summed E-state index contributed by atoms with van der Waals surface area (Å²) in [6.07, 6.45) is 0. The van der Waals surface area contributed by atoms with Gasteiger partial charge >= 0.3 is 0 Å². The largest absolute Gasteiger partial charge is 0.308 e. The number of thiophene rings is 1. The molecule has 72 valence electrons. The molecular formula is C10H15NOS. The Morgan fingerprint density at radius 1 is 1.46 bits per heavy atom. The summed E-state index contributed by atoms with van der Waals surface area (Å²) in [5, 5.41) is 3.01. The molecule has 0 saturated heterocycles. The first kappa shape index (κ1) is 10.4. The van der Waals surface area contributed by atoms with Crippen LogP contribution in [0.15, 0.2) is 12.1 Å². The number of hydrogen-bond acceptors (Lipinski definition) is 3. The van der Waals surface area contributed by atoms with Crippen LogP contribution >= 0.6 is 11.3 Å². The third-order valence-electron chi connectivity index (χ3n) is 2.16. The van der Waals surface area contributed by atoms with E-state index in [1.165, 1.54) is 4.88 Å². The minimum absolute atomic E-state index is 0.160. The number of carbonyl (C=O) groups excluding carboxylic acids is 1. The Morgan fingerprint density at radius 2 is 2.08 bits per heavy atom. The predicted octanol–water partition coefficient (Wildman–Crippen LogP) is 2.24. The Labute approximate surface area is 83.0 Å². The lowest BCUT2D eigenvalue weighted by Crippen LogP contribution is -2.44. The fourth-order valence-corrected chi connectivity index (χ4v) is 1.94. The predicted molar refractivity (Wildman–Crippen MR) is 56.5 cm³/mol. The molecule has 0 amide bonds. The van der Waals surface area contributed by atoms with Crippen molar-refractivity contribution in [2.75, 3.05) is 7.05 Å². The highest BCUT2D eigenvalue weighted by atomic mass is 32.1. The van der Waals surface area contributed by atoms with Gasteiger partial charge in [0, 0.05) is 4.88 Å². The molecule has 1 rings (SSSR count). The van der Waals surface area contributed by atoms with Gasteiger partial charge in [0.15, 0.2) is 5.78 Å². The van der Waals surface area contributed by atoms with Gasteiger partial charge in [-0.05, 0) is 40.0 Å². The van der Waals surface area contributed by atoms with Gasteiger partial charge in [-0.1, -0.05) is 0 Å². The van der Waals surface area contributed by atoms with Gasteiger partial charge in [0.2, 0.25) is 0 Å². The highest BCUT2D eigenvalue weighted by Gasteiger charge is 2.27. The average molecular weight is 197 g/mol. The zero-order valence-electron chi connectivity index (χ0n) is 8.47. The zero-order chi connectivity index (χ0) is 10.1. The number of Topliss-reactive ketones (excluding diaryl/α,β-unsaturated/α-hetero) is 1. The molecule has 1 N–H and O–H groups in total. The number of hydrogen-bond donors (Lipinski definition) is 1. The lowest BCUT2D eigenvalue weighted by molar-refractivity contribution is 0.0894. The maximum Gasteiger partial charge on any atom is 0.192 e. The Morgan fingerprint density at radius 3 is 2.46 bits per heavy atom. The average Bonchev–Trinajstić information content (AvgIpc) is 2.50. The van der Waals surface area contributed by atoms with Gasteiger partial charge in [0.05, 0.1) is 10.4 Å². The standard InChI is InChI=1S/C10H15NOS/c1-7-5-6-8(13-7)9(12)10(2,3)11-4/h5-6,11H,1-4H3. The molecule has 0 saturated carbocycles. The fraction of sp³-hybridized carbons (Fsp3) is 0.500. The van der Waals surface area contributed by atoms with Crippen molar-refractivity contribution in [2.24, 2.45) is 0 Å². The van der Waals surface area contributed by atoms with Crippen LogP contribution in [0.25, 0.3) is 0 Å². The van der Waals surface area contributed by atoms with Gasteiger partial charge in [-0.3, -0.25) is 4.79 Å². The minimum Gasteiger partial charge on any atom is -0.308 e. The van der Waals surface area contributed by atoms with Crippen LogP contribution in [0.3, 0.4) is 0 Å². The van der Waals surface area contributed by atoms with E-state index >= 15 is 0 Å². The number of likely N-dealkylation sites (N-methyl/N-ethyl adjacent to an activating group) is 1. The molecular weight excluding hydrogens is 182 g/mol. The van der Waals surface area contributed by atoms with Gasteiger partial charge in [0.1, 0.15) is 0 Å². The van der Waals surface area contributed by atoms with Crippen LogP contribution in [-0.4, -0.2) is 18.4 Å². The van der Waals surface area contributed by atoms with E-state index in [-0.39, 0.29) is 5.78 Å². The Hall–Kier alpha value is -0.670. The molecule has 0 aliphatic heterocycles. The first-order valence-corrected chi connectivity index (χ1v) is 5.09. The quantitative estimate of drug-likeness (QED) is 0.753. The zero-order valence-corrected chi connectivity index (χ0v) is 9.29. The molecule has 2 nitrogen and oxygen atoms in total. The maximum atomic E-state index is 11.9. The van der Waals surface area contributed by atoms with E-state index in [1.807, 2.05) is 32.9 Å². The molecule has 0 aromatic carbocycles. The van der Waals surface area contributed by atoms with Crippen LogP contribution in [0.5, 0.6) is 0 Å². The summed E-state index contributed by atoms with van der Waals surface area (Å²) < 4.78 is 0. The van der Waals surface area contributed by atoms with E-state index in [0.29, 0.717) is 0 Å². The number of nitrogens with one attached hydrogen (secondary N) is 1. The second-order valence-electron chi connectivity index (χ2n) is 3.61. The van der Waals surface area contributed by atoms with Crippen molar-refractivity contribution in [1.82, 2.24) is 5.32 Å². The summed E-state index contributed by atoms with van der Waals surface area (Å²) in [6, 6.07) is 3.87. The van der Waals surface area contributed by atoms with Crippen LogP contribution in [0.2, 0.25) is 0 Å². The molecule has 13 heavy (non-hydrogen) atoms. The van der Waals surface area contributed by atoms with Crippen molar-refractivity contribution in [3.8, 4) is 0 Å². The number of aryl methyl sites for hydroxylation is 1. The Balaban J connectivity index is 2.91. The molecule has 0 atom stereocenters. The van der Waals surface area contributed by atoms with E-state index in [9.17, 15) is 4.79 Å². The number of rotatable bonds is 3. The molecule has 0 unspecified atom stereocenters. The van der Waals surface area contributed by atoms with Crippen LogP contribution in [0.4, 0.5) is 0 Å². The van der Waals surface area contributed by atoms with Crippen molar-refractivity contribution < 1.29 is 4.79 Å². The van der Waals surface area contributed by atoms with E-state index < -0.39 is 5.54 Å². The second-order valence-corrected chi connectivity index (χ2v) is 4.90. The highest BCUT2D eigenvalue weighted by molar-refractivity contribution is 7.14. The number of carbonyl (C=O) groups is 1. The van der Waals surface area contributed by atoms with Gasteiger partial charge < -0.3 is 5.32 Å². The summed E-state index contributed by atoms with van der Waals surface area (Å²) in [4.78, 5) is 13.9. The van der Waals surface area contributed by atoms with E-state index in [2.05, 4.69) is 5.32 Å². The van der Waals surface area contributed by atoms with Gasteiger partial charge in [-0.25, -0.2) is 0 Å². The Kier molecular flexibility index (Phi) is 2.88. The molecule has 0 aliphatic carbocycles. The maximum absolute atomic E-state index is 11.9. The van der Waals surface area contributed by atoms with Gasteiger partial charge in [0.25, 0.3) is 0 Å². The molecule has 0 aliphatic rings.